The summed E-state index contributed by atoms with van der Waals surface area (Å²) in [6.45, 7) is 3.85. The highest BCUT2D eigenvalue weighted by atomic mass is 35.5. The van der Waals surface area contributed by atoms with E-state index in [0.29, 0.717) is 11.5 Å². The van der Waals surface area contributed by atoms with Crippen molar-refractivity contribution in [1.29, 1.82) is 0 Å². The van der Waals surface area contributed by atoms with Gasteiger partial charge in [0.15, 0.2) is 5.69 Å². The number of amides is 1. The maximum atomic E-state index is 12.2. The molecule has 0 radical (unpaired) electrons. The Hall–Kier alpha value is -1.98. The highest BCUT2D eigenvalue weighted by Gasteiger charge is 2.15. The SMILES string of the molecule is CC(C)c1ncc(Cl)c(C(=O)Nc2ccc(CO)cc2)n1. The molecule has 5 nitrogen and oxygen atoms in total. The van der Waals surface area contributed by atoms with Gasteiger partial charge in [-0.15, -0.1) is 0 Å². The van der Waals surface area contributed by atoms with Crippen molar-refractivity contribution in [2.45, 2.75) is 26.4 Å². The van der Waals surface area contributed by atoms with Crippen LogP contribution in [0.3, 0.4) is 0 Å². The van der Waals surface area contributed by atoms with Crippen LogP contribution in [0.25, 0.3) is 0 Å². The lowest BCUT2D eigenvalue weighted by Crippen LogP contribution is -2.16. The number of hydrogen-bond acceptors (Lipinski definition) is 4. The van der Waals surface area contributed by atoms with Gasteiger partial charge in [-0.2, -0.15) is 0 Å². The Morgan fingerprint density at radius 3 is 2.57 bits per heavy atom. The molecule has 110 valence electrons. The first-order chi connectivity index (χ1) is 10.0. The molecule has 21 heavy (non-hydrogen) atoms. The summed E-state index contributed by atoms with van der Waals surface area (Å²) in [5.74, 6) is 0.291. The minimum atomic E-state index is -0.388. The minimum Gasteiger partial charge on any atom is -0.392 e. The average Bonchev–Trinajstić information content (AvgIpc) is 2.48. The lowest BCUT2D eigenvalue weighted by molar-refractivity contribution is 0.102. The molecule has 1 heterocycles. The molecule has 0 atom stereocenters. The van der Waals surface area contributed by atoms with Crippen LogP contribution < -0.4 is 5.32 Å². The Morgan fingerprint density at radius 2 is 2.00 bits per heavy atom. The van der Waals surface area contributed by atoms with E-state index < -0.39 is 0 Å². The maximum Gasteiger partial charge on any atom is 0.275 e. The topological polar surface area (TPSA) is 75.1 Å². The Morgan fingerprint density at radius 1 is 1.33 bits per heavy atom. The Bertz CT molecular complexity index is 642. The van der Waals surface area contributed by atoms with E-state index in [-0.39, 0.29) is 29.1 Å². The van der Waals surface area contributed by atoms with Gasteiger partial charge in [-0.1, -0.05) is 37.6 Å². The summed E-state index contributed by atoms with van der Waals surface area (Å²) in [6.07, 6.45) is 1.44. The van der Waals surface area contributed by atoms with Crippen LogP contribution in [0.4, 0.5) is 5.69 Å². The van der Waals surface area contributed by atoms with E-state index >= 15 is 0 Å². The van der Waals surface area contributed by atoms with Gasteiger partial charge >= 0.3 is 0 Å². The number of benzene rings is 1. The zero-order chi connectivity index (χ0) is 15.4. The maximum absolute atomic E-state index is 12.2. The fourth-order valence-electron chi connectivity index (χ4n) is 1.70. The third-order valence-electron chi connectivity index (χ3n) is 2.89. The van der Waals surface area contributed by atoms with E-state index in [2.05, 4.69) is 15.3 Å². The zero-order valence-corrected chi connectivity index (χ0v) is 12.6. The highest BCUT2D eigenvalue weighted by Crippen LogP contribution is 2.18. The van der Waals surface area contributed by atoms with Crippen molar-refractivity contribution in [3.05, 3.63) is 52.6 Å². The fourth-order valence-corrected chi connectivity index (χ4v) is 1.88. The molecule has 0 spiro atoms. The predicted octanol–water partition coefficient (Wildman–Crippen LogP) is 3.00. The number of anilines is 1. The van der Waals surface area contributed by atoms with Crippen LogP contribution in [0, 0.1) is 0 Å². The van der Waals surface area contributed by atoms with Gasteiger partial charge in [-0.3, -0.25) is 4.79 Å². The Labute approximate surface area is 128 Å². The van der Waals surface area contributed by atoms with Crippen LogP contribution in [0.15, 0.2) is 30.5 Å². The van der Waals surface area contributed by atoms with Gasteiger partial charge in [-0.05, 0) is 17.7 Å². The molecule has 0 fully saturated rings. The average molecular weight is 306 g/mol. The first kappa shape index (κ1) is 15.4. The highest BCUT2D eigenvalue weighted by molar-refractivity contribution is 6.33. The second-order valence-electron chi connectivity index (χ2n) is 4.89. The van der Waals surface area contributed by atoms with Crippen molar-refractivity contribution in [3.63, 3.8) is 0 Å². The third kappa shape index (κ3) is 3.77. The molecule has 0 bridgehead atoms. The number of carbonyl (C=O) groups excluding carboxylic acids is 1. The first-order valence-corrected chi connectivity index (χ1v) is 6.92. The Kier molecular flexibility index (Phi) is 4.88. The number of nitrogens with one attached hydrogen (secondary N) is 1. The van der Waals surface area contributed by atoms with Crippen LogP contribution in [0.5, 0.6) is 0 Å². The molecule has 1 amide bonds. The van der Waals surface area contributed by atoms with Gasteiger partial charge in [0.1, 0.15) is 5.82 Å². The smallest absolute Gasteiger partial charge is 0.275 e. The molecule has 0 aliphatic rings. The molecule has 2 aromatic rings. The van der Waals surface area contributed by atoms with E-state index in [1.54, 1.807) is 24.3 Å². The van der Waals surface area contributed by atoms with Crippen molar-refractivity contribution in [2.75, 3.05) is 5.32 Å². The predicted molar refractivity (Wildman–Crippen MR) is 81.4 cm³/mol. The van der Waals surface area contributed by atoms with Crippen LogP contribution in [-0.4, -0.2) is 21.0 Å². The number of rotatable bonds is 4. The van der Waals surface area contributed by atoms with Crippen molar-refractivity contribution in [1.82, 2.24) is 9.97 Å². The summed E-state index contributed by atoms with van der Waals surface area (Å²) in [5.41, 5.74) is 1.54. The second-order valence-corrected chi connectivity index (χ2v) is 5.30. The summed E-state index contributed by atoms with van der Waals surface area (Å²) < 4.78 is 0. The Balaban J connectivity index is 2.21. The number of hydrogen-bond donors (Lipinski definition) is 2. The van der Waals surface area contributed by atoms with E-state index in [9.17, 15) is 4.79 Å². The van der Waals surface area contributed by atoms with Crippen molar-refractivity contribution >= 4 is 23.2 Å². The normalized spacial score (nSPS) is 10.7. The van der Waals surface area contributed by atoms with Gasteiger partial charge in [0.05, 0.1) is 17.8 Å². The van der Waals surface area contributed by atoms with Crippen LogP contribution in [0.1, 0.15) is 41.6 Å². The zero-order valence-electron chi connectivity index (χ0n) is 11.8. The molecule has 0 aliphatic heterocycles. The molecule has 1 aromatic carbocycles. The monoisotopic (exact) mass is 305 g/mol. The molecule has 0 unspecified atom stereocenters. The van der Waals surface area contributed by atoms with E-state index in [4.69, 9.17) is 16.7 Å². The number of carbonyl (C=O) groups is 1. The van der Waals surface area contributed by atoms with Gasteiger partial charge in [0, 0.05) is 11.6 Å². The van der Waals surface area contributed by atoms with E-state index in [1.807, 2.05) is 13.8 Å². The van der Waals surface area contributed by atoms with Crippen molar-refractivity contribution < 1.29 is 9.90 Å². The summed E-state index contributed by atoms with van der Waals surface area (Å²) >= 11 is 5.99. The van der Waals surface area contributed by atoms with E-state index in [1.165, 1.54) is 6.20 Å². The van der Waals surface area contributed by atoms with Crippen LogP contribution in [-0.2, 0) is 6.61 Å². The standard InChI is InChI=1S/C15H16ClN3O2/c1-9(2)14-17-7-12(16)13(19-14)15(21)18-11-5-3-10(8-20)4-6-11/h3-7,9,20H,8H2,1-2H3,(H,18,21). The molecule has 6 heteroatoms. The largest absolute Gasteiger partial charge is 0.392 e. The molecule has 2 rings (SSSR count). The summed E-state index contributed by atoms with van der Waals surface area (Å²) in [5, 5.41) is 11.9. The molecule has 2 N–H and O–H groups in total. The molecule has 0 saturated heterocycles. The lowest BCUT2D eigenvalue weighted by Gasteiger charge is -2.09. The first-order valence-electron chi connectivity index (χ1n) is 6.55. The van der Waals surface area contributed by atoms with Crippen molar-refractivity contribution in [3.8, 4) is 0 Å². The summed E-state index contributed by atoms with van der Waals surface area (Å²) in [4.78, 5) is 20.5. The lowest BCUT2D eigenvalue weighted by atomic mass is 10.2. The number of aliphatic hydroxyl groups is 1. The summed E-state index contributed by atoms with van der Waals surface area (Å²) in [6, 6.07) is 6.89. The minimum absolute atomic E-state index is 0.0380. The number of aromatic nitrogens is 2. The molecule has 1 aromatic heterocycles. The van der Waals surface area contributed by atoms with Gasteiger partial charge < -0.3 is 10.4 Å². The van der Waals surface area contributed by atoms with Gasteiger partial charge in [-0.25, -0.2) is 9.97 Å². The molecular formula is C15H16ClN3O2. The van der Waals surface area contributed by atoms with E-state index in [0.717, 1.165) is 5.56 Å². The molecule has 0 saturated carbocycles. The molecular weight excluding hydrogens is 290 g/mol. The quantitative estimate of drug-likeness (QED) is 0.910. The fraction of sp³-hybridized carbons (Fsp3) is 0.267. The number of halogens is 1. The van der Waals surface area contributed by atoms with Crippen LogP contribution >= 0.6 is 11.6 Å². The van der Waals surface area contributed by atoms with Crippen LogP contribution in [0.2, 0.25) is 5.02 Å². The van der Waals surface area contributed by atoms with Crippen molar-refractivity contribution in [2.24, 2.45) is 0 Å². The third-order valence-corrected chi connectivity index (χ3v) is 3.17. The summed E-state index contributed by atoms with van der Waals surface area (Å²) in [7, 11) is 0. The number of nitrogens with zero attached hydrogens (tertiary/aromatic N) is 2. The second kappa shape index (κ2) is 6.65. The van der Waals surface area contributed by atoms with Gasteiger partial charge in [0.25, 0.3) is 5.91 Å². The molecule has 0 aliphatic carbocycles. The number of aliphatic hydroxyl groups excluding tert-OH is 1. The van der Waals surface area contributed by atoms with Gasteiger partial charge in [0.2, 0.25) is 0 Å².